The Hall–Kier alpha value is -0.420. The minimum atomic E-state index is -1.33. The molecule has 0 aliphatic carbocycles. The normalized spacial score (nSPS) is 15.0. The van der Waals surface area contributed by atoms with Gasteiger partial charge in [0.2, 0.25) is 0 Å². The summed E-state index contributed by atoms with van der Waals surface area (Å²) in [7, 11) is -1.33. The van der Waals surface area contributed by atoms with Crippen LogP contribution in [-0.2, 0) is 20.3 Å². The Morgan fingerprint density at radius 2 is 2.00 bits per heavy atom. The van der Waals surface area contributed by atoms with Gasteiger partial charge in [-0.1, -0.05) is 20.8 Å². The van der Waals surface area contributed by atoms with E-state index in [1.165, 1.54) is 0 Å². The van der Waals surface area contributed by atoms with Crippen LogP contribution >= 0.6 is 0 Å². The number of carboxylic acids is 1. The van der Waals surface area contributed by atoms with Crippen LogP contribution in [0.3, 0.4) is 0 Å². The zero-order valence-corrected chi connectivity index (χ0v) is 11.1. The fourth-order valence-corrected chi connectivity index (χ4v) is 2.34. The topological polar surface area (TPSA) is 63.6 Å². The summed E-state index contributed by atoms with van der Waals surface area (Å²) in [5.74, 6) is -0.0842. The molecule has 0 heterocycles. The highest BCUT2D eigenvalue weighted by atomic mass is 32.2. The summed E-state index contributed by atoms with van der Waals surface area (Å²) < 4.78 is 16.9. The van der Waals surface area contributed by atoms with Crippen molar-refractivity contribution in [1.82, 2.24) is 0 Å². The Balaban J connectivity index is 3.68. The predicted octanol–water partition coefficient (Wildman–Crippen LogP) is 1.66. The van der Waals surface area contributed by atoms with Crippen molar-refractivity contribution in [1.29, 1.82) is 0 Å². The third kappa shape index (κ3) is 6.95. The molecule has 0 aliphatic heterocycles. The van der Waals surface area contributed by atoms with Crippen LogP contribution in [0, 0.1) is 5.92 Å². The molecular weight excluding hydrogens is 228 g/mol. The summed E-state index contributed by atoms with van der Waals surface area (Å²) in [5.41, 5.74) is 0. The van der Waals surface area contributed by atoms with Crippen molar-refractivity contribution in [3.8, 4) is 0 Å². The van der Waals surface area contributed by atoms with Gasteiger partial charge in [0.15, 0.2) is 0 Å². The van der Waals surface area contributed by atoms with Crippen LogP contribution in [-0.4, -0.2) is 39.5 Å². The predicted molar refractivity (Wildman–Crippen MR) is 65.0 cm³/mol. The lowest BCUT2D eigenvalue weighted by molar-refractivity contribution is -0.136. The number of ether oxygens (including phenoxy) is 1. The number of carboxylic acid groups (broad SMARTS) is 1. The van der Waals surface area contributed by atoms with Crippen molar-refractivity contribution < 1.29 is 18.8 Å². The fraction of sp³-hybridized carbons (Fsp3) is 0.909. The molecule has 0 bridgehead atoms. The van der Waals surface area contributed by atoms with Gasteiger partial charge in [-0.3, -0.25) is 9.00 Å². The van der Waals surface area contributed by atoms with E-state index in [9.17, 15) is 9.00 Å². The second kappa shape index (κ2) is 8.70. The highest BCUT2D eigenvalue weighted by molar-refractivity contribution is 7.86. The Labute approximate surface area is 99.8 Å². The molecule has 4 nitrogen and oxygen atoms in total. The Morgan fingerprint density at radius 3 is 2.44 bits per heavy atom. The molecule has 5 heteroatoms. The Morgan fingerprint density at radius 1 is 1.38 bits per heavy atom. The minimum Gasteiger partial charge on any atom is -0.480 e. The molecule has 1 N–H and O–H groups in total. The minimum absolute atomic E-state index is 0.308. The van der Waals surface area contributed by atoms with E-state index in [0.29, 0.717) is 31.3 Å². The smallest absolute Gasteiger partial charge is 0.319 e. The zero-order valence-electron chi connectivity index (χ0n) is 10.3. The Kier molecular flexibility index (Phi) is 8.47. The zero-order chi connectivity index (χ0) is 12.6. The van der Waals surface area contributed by atoms with E-state index in [0.717, 1.165) is 6.42 Å². The lowest BCUT2D eigenvalue weighted by Crippen LogP contribution is -2.27. The molecule has 0 radical (unpaired) electrons. The van der Waals surface area contributed by atoms with Crippen molar-refractivity contribution in [2.45, 2.75) is 38.9 Å². The first-order chi connectivity index (χ1) is 7.49. The number of hydrogen-bond acceptors (Lipinski definition) is 3. The largest absolute Gasteiger partial charge is 0.480 e. The molecule has 0 fully saturated rings. The maximum Gasteiger partial charge on any atom is 0.319 e. The van der Waals surface area contributed by atoms with Gasteiger partial charge in [-0.05, 0) is 18.8 Å². The fourth-order valence-electron chi connectivity index (χ4n) is 1.18. The van der Waals surface area contributed by atoms with Crippen LogP contribution in [0.25, 0.3) is 0 Å². The molecule has 0 aliphatic rings. The molecule has 2 unspecified atom stereocenters. The SMILES string of the molecule is CCC(C(=O)O)S(=O)CCOCCC(C)C. The van der Waals surface area contributed by atoms with Gasteiger partial charge in [0.1, 0.15) is 5.25 Å². The molecule has 0 aromatic rings. The van der Waals surface area contributed by atoms with Crippen LogP contribution < -0.4 is 0 Å². The summed E-state index contributed by atoms with van der Waals surface area (Å²) in [4.78, 5) is 10.7. The molecule has 0 aromatic carbocycles. The first kappa shape index (κ1) is 15.6. The van der Waals surface area contributed by atoms with E-state index in [-0.39, 0.29) is 0 Å². The number of hydrogen-bond donors (Lipinski definition) is 1. The van der Waals surface area contributed by atoms with Crippen molar-refractivity contribution >= 4 is 16.8 Å². The molecule has 16 heavy (non-hydrogen) atoms. The maximum atomic E-state index is 11.6. The third-order valence-corrected chi connectivity index (χ3v) is 3.97. The summed E-state index contributed by atoms with van der Waals surface area (Å²) in [6.45, 7) is 6.98. The average molecular weight is 250 g/mol. The first-order valence-corrected chi connectivity index (χ1v) is 7.05. The molecule has 0 spiro atoms. The van der Waals surface area contributed by atoms with Gasteiger partial charge in [-0.15, -0.1) is 0 Å². The van der Waals surface area contributed by atoms with E-state index in [4.69, 9.17) is 9.84 Å². The molecule has 0 saturated carbocycles. The molecule has 96 valence electrons. The molecular formula is C11H22O4S. The van der Waals surface area contributed by atoms with E-state index in [1.54, 1.807) is 6.92 Å². The summed E-state index contributed by atoms with van der Waals surface area (Å²) in [6.07, 6.45) is 1.37. The summed E-state index contributed by atoms with van der Waals surface area (Å²) in [5, 5.41) is 8.03. The highest BCUT2D eigenvalue weighted by Gasteiger charge is 2.21. The van der Waals surface area contributed by atoms with Gasteiger partial charge < -0.3 is 9.84 Å². The number of carbonyl (C=O) groups is 1. The highest BCUT2D eigenvalue weighted by Crippen LogP contribution is 2.03. The van der Waals surface area contributed by atoms with Crippen molar-refractivity contribution in [3.05, 3.63) is 0 Å². The Bertz CT molecular complexity index is 228. The van der Waals surface area contributed by atoms with Gasteiger partial charge in [0, 0.05) is 23.2 Å². The van der Waals surface area contributed by atoms with Crippen LogP contribution in [0.1, 0.15) is 33.6 Å². The second-order valence-electron chi connectivity index (χ2n) is 4.11. The standard InChI is InChI=1S/C11H22O4S/c1-4-10(11(12)13)16(14)8-7-15-6-5-9(2)3/h9-10H,4-8H2,1-3H3,(H,12,13). The van der Waals surface area contributed by atoms with Crippen LogP contribution in [0.4, 0.5) is 0 Å². The second-order valence-corrected chi connectivity index (χ2v) is 5.85. The lowest BCUT2D eigenvalue weighted by atomic mass is 10.1. The summed E-state index contributed by atoms with van der Waals surface area (Å²) >= 11 is 0. The van der Waals surface area contributed by atoms with Gasteiger partial charge >= 0.3 is 5.97 Å². The summed E-state index contributed by atoms with van der Waals surface area (Å²) in [6, 6.07) is 0. The number of aliphatic carboxylic acids is 1. The monoisotopic (exact) mass is 250 g/mol. The maximum absolute atomic E-state index is 11.6. The quantitative estimate of drug-likeness (QED) is 0.632. The van der Waals surface area contributed by atoms with Crippen molar-refractivity contribution in [2.24, 2.45) is 5.92 Å². The van der Waals surface area contributed by atoms with Gasteiger partial charge in [0.25, 0.3) is 0 Å². The van der Waals surface area contributed by atoms with E-state index < -0.39 is 22.0 Å². The van der Waals surface area contributed by atoms with Crippen molar-refractivity contribution in [2.75, 3.05) is 19.0 Å². The molecule has 0 amide bonds. The van der Waals surface area contributed by atoms with E-state index >= 15 is 0 Å². The van der Waals surface area contributed by atoms with Crippen LogP contribution in [0.5, 0.6) is 0 Å². The first-order valence-electron chi connectivity index (χ1n) is 5.66. The van der Waals surface area contributed by atoms with E-state index in [1.807, 2.05) is 0 Å². The van der Waals surface area contributed by atoms with E-state index in [2.05, 4.69) is 13.8 Å². The van der Waals surface area contributed by atoms with Gasteiger partial charge in [0.05, 0.1) is 6.61 Å². The molecule has 2 atom stereocenters. The average Bonchev–Trinajstić information content (AvgIpc) is 2.17. The molecule has 0 rings (SSSR count). The lowest BCUT2D eigenvalue weighted by Gasteiger charge is -2.10. The van der Waals surface area contributed by atoms with Crippen LogP contribution in [0.15, 0.2) is 0 Å². The third-order valence-electron chi connectivity index (χ3n) is 2.23. The number of rotatable bonds is 9. The van der Waals surface area contributed by atoms with Crippen molar-refractivity contribution in [3.63, 3.8) is 0 Å². The molecule has 0 aromatic heterocycles. The van der Waals surface area contributed by atoms with Crippen LogP contribution in [0.2, 0.25) is 0 Å². The van der Waals surface area contributed by atoms with Gasteiger partial charge in [-0.25, -0.2) is 0 Å². The van der Waals surface area contributed by atoms with Gasteiger partial charge in [-0.2, -0.15) is 0 Å². The molecule has 0 saturated heterocycles.